The Hall–Kier alpha value is -2.87. The van der Waals surface area contributed by atoms with Crippen molar-refractivity contribution in [2.75, 3.05) is 5.32 Å². The normalized spacial score (nSPS) is 11.0. The number of benzene rings is 4. The molecule has 100 valence electrons. The minimum atomic E-state index is 0.704. The molecule has 0 spiro atoms. The molecule has 1 N–H and O–H groups in total. The third kappa shape index (κ3) is 2.01. The SMILES string of the molecule is O=CNc1ccc2cc3cc4ccccc4cc3cc2c1. The molecule has 2 nitrogen and oxygen atoms in total. The Balaban J connectivity index is 2.03. The van der Waals surface area contributed by atoms with Gasteiger partial charge in [-0.3, -0.25) is 4.79 Å². The van der Waals surface area contributed by atoms with Gasteiger partial charge in [0.2, 0.25) is 6.41 Å². The summed E-state index contributed by atoms with van der Waals surface area (Å²) in [5, 5.41) is 9.94. The summed E-state index contributed by atoms with van der Waals surface area (Å²) in [6, 6.07) is 23.1. The maximum Gasteiger partial charge on any atom is 0.211 e. The Morgan fingerprint density at radius 2 is 1.14 bits per heavy atom. The molecule has 0 aliphatic heterocycles. The molecule has 0 fully saturated rings. The summed E-state index contributed by atoms with van der Waals surface area (Å²) in [6.45, 7) is 0. The Labute approximate surface area is 122 Å². The quantitative estimate of drug-likeness (QED) is 0.415. The number of amides is 1. The molecular weight excluding hydrogens is 258 g/mol. The van der Waals surface area contributed by atoms with Gasteiger partial charge >= 0.3 is 0 Å². The second kappa shape index (κ2) is 4.60. The van der Waals surface area contributed by atoms with Crippen molar-refractivity contribution in [1.29, 1.82) is 0 Å². The predicted octanol–water partition coefficient (Wildman–Crippen LogP) is 4.71. The van der Waals surface area contributed by atoms with Crippen LogP contribution in [-0.4, -0.2) is 6.41 Å². The minimum Gasteiger partial charge on any atom is -0.329 e. The fourth-order valence-corrected chi connectivity index (χ4v) is 2.85. The van der Waals surface area contributed by atoms with Gasteiger partial charge in [-0.15, -0.1) is 0 Å². The van der Waals surface area contributed by atoms with Gasteiger partial charge in [-0.2, -0.15) is 0 Å². The van der Waals surface area contributed by atoms with Crippen LogP contribution in [0.15, 0.2) is 66.7 Å². The van der Waals surface area contributed by atoms with Crippen LogP contribution < -0.4 is 5.32 Å². The van der Waals surface area contributed by atoms with E-state index >= 15 is 0 Å². The lowest BCUT2D eigenvalue weighted by Crippen LogP contribution is -1.92. The van der Waals surface area contributed by atoms with E-state index in [1.54, 1.807) is 0 Å². The summed E-state index contributed by atoms with van der Waals surface area (Å²) >= 11 is 0. The van der Waals surface area contributed by atoms with E-state index in [0.717, 1.165) is 11.1 Å². The smallest absolute Gasteiger partial charge is 0.211 e. The van der Waals surface area contributed by atoms with E-state index < -0.39 is 0 Å². The van der Waals surface area contributed by atoms with E-state index in [4.69, 9.17) is 0 Å². The highest BCUT2D eigenvalue weighted by molar-refractivity contribution is 6.05. The number of hydrogen-bond donors (Lipinski definition) is 1. The fraction of sp³-hybridized carbons (Fsp3) is 0. The summed E-state index contributed by atoms with van der Waals surface area (Å²) in [5.74, 6) is 0. The summed E-state index contributed by atoms with van der Waals surface area (Å²) in [5.41, 5.74) is 0.817. The van der Waals surface area contributed by atoms with E-state index in [0.29, 0.717) is 6.41 Å². The van der Waals surface area contributed by atoms with Crippen molar-refractivity contribution in [3.05, 3.63) is 66.7 Å². The lowest BCUT2D eigenvalue weighted by atomic mass is 9.99. The summed E-state index contributed by atoms with van der Waals surface area (Å²) < 4.78 is 0. The Bertz CT molecular complexity index is 988. The maximum atomic E-state index is 10.6. The molecule has 2 heteroatoms. The molecule has 0 bridgehead atoms. The van der Waals surface area contributed by atoms with E-state index in [1.165, 1.54) is 26.9 Å². The van der Waals surface area contributed by atoms with E-state index in [2.05, 4.69) is 53.8 Å². The van der Waals surface area contributed by atoms with Crippen LogP contribution in [0, 0.1) is 0 Å². The highest BCUT2D eigenvalue weighted by Crippen LogP contribution is 2.28. The van der Waals surface area contributed by atoms with Gasteiger partial charge < -0.3 is 5.32 Å². The van der Waals surface area contributed by atoms with E-state index in [-0.39, 0.29) is 0 Å². The molecule has 0 aliphatic carbocycles. The third-order valence-corrected chi connectivity index (χ3v) is 3.89. The molecule has 4 rings (SSSR count). The van der Waals surface area contributed by atoms with Gasteiger partial charge in [-0.1, -0.05) is 30.3 Å². The van der Waals surface area contributed by atoms with Crippen molar-refractivity contribution in [3.8, 4) is 0 Å². The first kappa shape index (κ1) is 11.9. The van der Waals surface area contributed by atoms with Gasteiger partial charge in [-0.05, 0) is 68.7 Å². The van der Waals surface area contributed by atoms with Gasteiger partial charge in [0.1, 0.15) is 0 Å². The number of carbonyl (C=O) groups excluding carboxylic acids is 1. The van der Waals surface area contributed by atoms with Crippen molar-refractivity contribution < 1.29 is 4.79 Å². The molecule has 4 aromatic rings. The van der Waals surface area contributed by atoms with Crippen LogP contribution in [0.5, 0.6) is 0 Å². The predicted molar refractivity (Wildman–Crippen MR) is 88.6 cm³/mol. The molecule has 21 heavy (non-hydrogen) atoms. The van der Waals surface area contributed by atoms with Crippen molar-refractivity contribution in [2.24, 2.45) is 0 Å². The number of hydrogen-bond acceptors (Lipinski definition) is 1. The first-order valence-electron chi connectivity index (χ1n) is 6.90. The molecular formula is C19H13NO. The first-order chi connectivity index (χ1) is 10.3. The zero-order valence-corrected chi connectivity index (χ0v) is 11.3. The zero-order chi connectivity index (χ0) is 14.2. The highest BCUT2D eigenvalue weighted by atomic mass is 16.1. The van der Waals surface area contributed by atoms with E-state index in [1.807, 2.05) is 18.2 Å². The number of carbonyl (C=O) groups is 1. The number of nitrogens with one attached hydrogen (secondary N) is 1. The molecule has 0 unspecified atom stereocenters. The van der Waals surface area contributed by atoms with Crippen LogP contribution in [-0.2, 0) is 4.79 Å². The van der Waals surface area contributed by atoms with Crippen molar-refractivity contribution in [2.45, 2.75) is 0 Å². The van der Waals surface area contributed by atoms with Crippen LogP contribution >= 0.6 is 0 Å². The average Bonchev–Trinajstić information content (AvgIpc) is 2.51. The van der Waals surface area contributed by atoms with Gasteiger partial charge in [0.25, 0.3) is 0 Å². The van der Waals surface area contributed by atoms with Gasteiger partial charge in [-0.25, -0.2) is 0 Å². The van der Waals surface area contributed by atoms with Crippen molar-refractivity contribution in [3.63, 3.8) is 0 Å². The molecule has 0 saturated heterocycles. The Morgan fingerprint density at radius 1 is 0.619 bits per heavy atom. The van der Waals surface area contributed by atoms with Crippen LogP contribution in [0.25, 0.3) is 32.3 Å². The van der Waals surface area contributed by atoms with Crippen LogP contribution in [0.1, 0.15) is 0 Å². The van der Waals surface area contributed by atoms with Crippen molar-refractivity contribution >= 4 is 44.4 Å². The molecule has 1 amide bonds. The Morgan fingerprint density at radius 3 is 1.76 bits per heavy atom. The monoisotopic (exact) mass is 271 g/mol. The number of fused-ring (bicyclic) bond motifs is 3. The van der Waals surface area contributed by atoms with Gasteiger partial charge in [0, 0.05) is 5.69 Å². The van der Waals surface area contributed by atoms with E-state index in [9.17, 15) is 4.79 Å². The number of rotatable bonds is 2. The molecule has 0 aliphatic rings. The molecule has 0 aromatic heterocycles. The third-order valence-electron chi connectivity index (χ3n) is 3.89. The zero-order valence-electron chi connectivity index (χ0n) is 11.3. The second-order valence-corrected chi connectivity index (χ2v) is 5.22. The topological polar surface area (TPSA) is 29.1 Å². The number of anilines is 1. The highest BCUT2D eigenvalue weighted by Gasteiger charge is 2.02. The average molecular weight is 271 g/mol. The molecule has 0 saturated carbocycles. The Kier molecular flexibility index (Phi) is 2.61. The van der Waals surface area contributed by atoms with Gasteiger partial charge in [0.05, 0.1) is 0 Å². The molecule has 0 atom stereocenters. The molecule has 0 radical (unpaired) electrons. The van der Waals surface area contributed by atoms with Gasteiger partial charge in [0.15, 0.2) is 0 Å². The maximum absolute atomic E-state index is 10.6. The largest absolute Gasteiger partial charge is 0.329 e. The van der Waals surface area contributed by atoms with Crippen LogP contribution in [0.4, 0.5) is 5.69 Å². The molecule has 0 heterocycles. The first-order valence-corrected chi connectivity index (χ1v) is 6.90. The summed E-state index contributed by atoms with van der Waals surface area (Å²) in [4.78, 5) is 10.6. The standard InChI is InChI=1S/C19H13NO/c21-12-20-19-6-5-15-9-16-7-13-3-1-2-4-14(13)8-17(16)10-18(15)11-19/h1-12H,(H,20,21). The fourth-order valence-electron chi connectivity index (χ4n) is 2.85. The summed E-state index contributed by atoms with van der Waals surface area (Å²) in [7, 11) is 0. The molecule has 4 aromatic carbocycles. The minimum absolute atomic E-state index is 0.704. The lowest BCUT2D eigenvalue weighted by Gasteiger charge is -2.06. The van der Waals surface area contributed by atoms with Crippen molar-refractivity contribution in [1.82, 2.24) is 0 Å². The lowest BCUT2D eigenvalue weighted by molar-refractivity contribution is -0.105. The second-order valence-electron chi connectivity index (χ2n) is 5.22. The van der Waals surface area contributed by atoms with Crippen LogP contribution in [0.2, 0.25) is 0 Å². The van der Waals surface area contributed by atoms with Crippen LogP contribution in [0.3, 0.4) is 0 Å². The summed E-state index contributed by atoms with van der Waals surface area (Å²) in [6.07, 6.45) is 0.704.